The highest BCUT2D eigenvalue weighted by Crippen LogP contribution is 2.37. The third-order valence-corrected chi connectivity index (χ3v) is 3.63. The lowest BCUT2D eigenvalue weighted by Crippen LogP contribution is -1.89. The Morgan fingerprint density at radius 1 is 0.941 bits per heavy atom. The second-order valence-corrected chi connectivity index (χ2v) is 4.89. The molecular weight excluding hydrogens is 278 g/mol. The van der Waals surface area contributed by atoms with Crippen molar-refractivity contribution in [2.45, 2.75) is 0 Å². The number of phenolic OH excluding ortho intramolecular Hbond substituents is 1. The minimum atomic E-state index is 0.242. The molecule has 0 amide bonds. The Labute approximate surface area is 107 Å². The number of fused-ring (bicyclic) bond motifs is 2. The van der Waals surface area contributed by atoms with Crippen molar-refractivity contribution in [1.29, 1.82) is 0 Å². The van der Waals surface area contributed by atoms with E-state index in [1.54, 1.807) is 6.07 Å². The van der Waals surface area contributed by atoms with Crippen molar-refractivity contribution in [2.24, 2.45) is 0 Å². The summed E-state index contributed by atoms with van der Waals surface area (Å²) in [6.45, 7) is 0. The smallest absolute Gasteiger partial charge is 0.124 e. The molecule has 2 nitrogen and oxygen atoms in total. The van der Waals surface area contributed by atoms with Crippen molar-refractivity contribution in [3.05, 3.63) is 46.9 Å². The number of halogens is 1. The van der Waals surface area contributed by atoms with Crippen LogP contribution in [0.1, 0.15) is 0 Å². The molecule has 17 heavy (non-hydrogen) atoms. The molecule has 3 aromatic carbocycles. The highest BCUT2D eigenvalue weighted by Gasteiger charge is 2.08. The molecule has 3 N–H and O–H groups in total. The second-order valence-electron chi connectivity index (χ2n) is 4.04. The molecule has 3 rings (SSSR count). The van der Waals surface area contributed by atoms with Gasteiger partial charge < -0.3 is 10.8 Å². The molecule has 84 valence electrons. The lowest BCUT2D eigenvalue weighted by Gasteiger charge is -2.08. The van der Waals surface area contributed by atoms with Crippen LogP contribution in [-0.4, -0.2) is 5.11 Å². The molecular formula is C14H10BrNO. The summed E-state index contributed by atoms with van der Waals surface area (Å²) in [6.07, 6.45) is 0. The van der Waals surface area contributed by atoms with E-state index < -0.39 is 0 Å². The average Bonchev–Trinajstić information content (AvgIpc) is 2.34. The maximum atomic E-state index is 9.95. The summed E-state index contributed by atoms with van der Waals surface area (Å²) in [5.41, 5.74) is 6.68. The first-order chi connectivity index (χ1) is 8.16. The van der Waals surface area contributed by atoms with Gasteiger partial charge in [-0.2, -0.15) is 0 Å². The normalized spacial score (nSPS) is 11.1. The molecule has 0 fully saturated rings. The number of phenols is 1. The lowest BCUT2D eigenvalue weighted by atomic mass is 10.0. The van der Waals surface area contributed by atoms with Crippen molar-refractivity contribution in [3.63, 3.8) is 0 Å². The molecule has 0 atom stereocenters. The fourth-order valence-corrected chi connectivity index (χ4v) is 2.51. The summed E-state index contributed by atoms with van der Waals surface area (Å²) < 4.78 is 0.720. The first-order valence-electron chi connectivity index (χ1n) is 5.26. The summed E-state index contributed by atoms with van der Waals surface area (Å²) in [5, 5.41) is 13.8. The monoisotopic (exact) mass is 287 g/mol. The van der Waals surface area contributed by atoms with Gasteiger partial charge in [0.2, 0.25) is 0 Å². The van der Waals surface area contributed by atoms with Crippen LogP contribution in [0.2, 0.25) is 0 Å². The number of rotatable bonds is 0. The topological polar surface area (TPSA) is 46.2 Å². The maximum Gasteiger partial charge on any atom is 0.124 e. The number of hydrogen-bond donors (Lipinski definition) is 2. The number of nitrogens with two attached hydrogens (primary N) is 1. The number of hydrogen-bond acceptors (Lipinski definition) is 2. The van der Waals surface area contributed by atoms with Crippen molar-refractivity contribution >= 4 is 43.2 Å². The Bertz CT molecular complexity index is 737. The molecule has 3 heteroatoms. The van der Waals surface area contributed by atoms with Crippen LogP contribution in [0.25, 0.3) is 21.5 Å². The Balaban J connectivity index is 2.56. The molecule has 0 bridgehead atoms. The van der Waals surface area contributed by atoms with E-state index in [0.29, 0.717) is 5.69 Å². The maximum absolute atomic E-state index is 9.95. The Kier molecular flexibility index (Phi) is 2.23. The standard InChI is InChI=1S/C14H10BrNO/c15-12-7-13(17)10-5-8-3-1-2-4-9(8)6-11(10)14(12)16/h1-7,17H,16H2. The Morgan fingerprint density at radius 2 is 1.53 bits per heavy atom. The quantitative estimate of drug-likeness (QED) is 0.372. The zero-order valence-corrected chi connectivity index (χ0v) is 10.5. The van der Waals surface area contributed by atoms with E-state index in [1.165, 1.54) is 0 Å². The molecule has 0 saturated carbocycles. The highest BCUT2D eigenvalue weighted by molar-refractivity contribution is 9.10. The van der Waals surface area contributed by atoms with Gasteiger partial charge in [-0.15, -0.1) is 0 Å². The van der Waals surface area contributed by atoms with Crippen LogP contribution in [0.4, 0.5) is 5.69 Å². The van der Waals surface area contributed by atoms with Crippen LogP contribution >= 0.6 is 15.9 Å². The zero-order valence-electron chi connectivity index (χ0n) is 8.94. The van der Waals surface area contributed by atoms with Crippen molar-refractivity contribution in [1.82, 2.24) is 0 Å². The molecule has 0 aliphatic carbocycles. The predicted molar refractivity (Wildman–Crippen MR) is 75.2 cm³/mol. The SMILES string of the molecule is Nc1c(Br)cc(O)c2cc3ccccc3cc12. The van der Waals surface area contributed by atoms with Crippen LogP contribution in [0.5, 0.6) is 5.75 Å². The van der Waals surface area contributed by atoms with Crippen LogP contribution < -0.4 is 5.73 Å². The molecule has 0 aliphatic heterocycles. The van der Waals surface area contributed by atoms with Gasteiger partial charge in [0.05, 0.1) is 5.69 Å². The summed E-state index contributed by atoms with van der Waals surface area (Å²) in [7, 11) is 0. The van der Waals surface area contributed by atoms with Gasteiger partial charge in [0.25, 0.3) is 0 Å². The van der Waals surface area contributed by atoms with E-state index >= 15 is 0 Å². The summed E-state index contributed by atoms with van der Waals surface area (Å²) in [4.78, 5) is 0. The van der Waals surface area contributed by atoms with Gasteiger partial charge in [-0.1, -0.05) is 24.3 Å². The first-order valence-corrected chi connectivity index (χ1v) is 6.05. The van der Waals surface area contributed by atoms with Gasteiger partial charge in [-0.25, -0.2) is 0 Å². The molecule has 0 radical (unpaired) electrons. The van der Waals surface area contributed by atoms with Gasteiger partial charge in [-0.05, 0) is 44.9 Å². The highest BCUT2D eigenvalue weighted by atomic mass is 79.9. The van der Waals surface area contributed by atoms with E-state index in [4.69, 9.17) is 5.73 Å². The number of benzene rings is 3. The molecule has 0 aliphatic rings. The van der Waals surface area contributed by atoms with E-state index in [0.717, 1.165) is 26.0 Å². The molecule has 0 heterocycles. The fourth-order valence-electron chi connectivity index (χ4n) is 2.08. The van der Waals surface area contributed by atoms with Gasteiger partial charge in [0, 0.05) is 15.2 Å². The van der Waals surface area contributed by atoms with Crippen LogP contribution in [0, 0.1) is 0 Å². The van der Waals surface area contributed by atoms with Crippen molar-refractivity contribution < 1.29 is 5.11 Å². The molecule has 0 saturated heterocycles. The van der Waals surface area contributed by atoms with Gasteiger partial charge in [-0.3, -0.25) is 0 Å². The molecule has 3 aromatic rings. The number of nitrogen functional groups attached to an aromatic ring is 1. The third-order valence-electron chi connectivity index (χ3n) is 2.97. The third kappa shape index (κ3) is 1.54. The minimum Gasteiger partial charge on any atom is -0.507 e. The van der Waals surface area contributed by atoms with Crippen LogP contribution in [0.15, 0.2) is 46.9 Å². The van der Waals surface area contributed by atoms with Gasteiger partial charge >= 0.3 is 0 Å². The molecule has 0 unspecified atom stereocenters. The number of aromatic hydroxyl groups is 1. The van der Waals surface area contributed by atoms with E-state index in [-0.39, 0.29) is 5.75 Å². The molecule has 0 aromatic heterocycles. The van der Waals surface area contributed by atoms with Gasteiger partial charge in [0.1, 0.15) is 5.75 Å². The minimum absolute atomic E-state index is 0.242. The first kappa shape index (κ1) is 10.4. The predicted octanol–water partition coefficient (Wildman–Crippen LogP) is 4.04. The zero-order chi connectivity index (χ0) is 12.0. The fraction of sp³-hybridized carbons (Fsp3) is 0. The van der Waals surface area contributed by atoms with Crippen LogP contribution in [-0.2, 0) is 0 Å². The summed E-state index contributed by atoms with van der Waals surface area (Å²) in [6, 6.07) is 13.6. The van der Waals surface area contributed by atoms with E-state index in [9.17, 15) is 5.11 Å². The average molecular weight is 288 g/mol. The van der Waals surface area contributed by atoms with E-state index in [1.807, 2.05) is 36.4 Å². The Morgan fingerprint density at radius 3 is 2.18 bits per heavy atom. The van der Waals surface area contributed by atoms with E-state index in [2.05, 4.69) is 15.9 Å². The van der Waals surface area contributed by atoms with Crippen molar-refractivity contribution in [3.8, 4) is 5.75 Å². The van der Waals surface area contributed by atoms with Crippen molar-refractivity contribution in [2.75, 3.05) is 5.73 Å². The van der Waals surface area contributed by atoms with Crippen LogP contribution in [0.3, 0.4) is 0 Å². The largest absolute Gasteiger partial charge is 0.507 e. The molecule has 0 spiro atoms. The second kappa shape index (κ2) is 3.64. The Hall–Kier alpha value is -1.74. The van der Waals surface area contributed by atoms with Gasteiger partial charge in [0.15, 0.2) is 0 Å². The lowest BCUT2D eigenvalue weighted by molar-refractivity contribution is 0.481. The summed E-state index contributed by atoms with van der Waals surface area (Å²) >= 11 is 3.35. The number of anilines is 1. The summed E-state index contributed by atoms with van der Waals surface area (Å²) in [5.74, 6) is 0.242.